The van der Waals surface area contributed by atoms with Gasteiger partial charge in [-0.05, 0) is 57.9 Å². The molecule has 170 valence electrons. The third-order valence-corrected chi connectivity index (χ3v) is 7.43. The topological polar surface area (TPSA) is 79.0 Å². The summed E-state index contributed by atoms with van der Waals surface area (Å²) in [6, 6.07) is 5.06. The Kier molecular flexibility index (Phi) is 9.58. The highest BCUT2D eigenvalue weighted by Gasteiger charge is 2.29. The Hall–Kier alpha value is -1.64. The Bertz CT molecular complexity index is 790. The van der Waals surface area contributed by atoms with Gasteiger partial charge in [-0.3, -0.25) is 9.69 Å². The Morgan fingerprint density at radius 1 is 1.20 bits per heavy atom. The molecule has 7 nitrogen and oxygen atoms in total. The third-order valence-electron chi connectivity index (χ3n) is 5.51. The summed E-state index contributed by atoms with van der Waals surface area (Å²) in [7, 11) is -2.21. The highest BCUT2D eigenvalue weighted by molar-refractivity contribution is 7.89. The average molecular weight is 440 g/mol. The van der Waals surface area contributed by atoms with Crippen LogP contribution in [0, 0.1) is 0 Å². The maximum Gasteiger partial charge on any atom is 0.246 e. The van der Waals surface area contributed by atoms with E-state index in [2.05, 4.69) is 31.0 Å². The van der Waals surface area contributed by atoms with Gasteiger partial charge in [-0.1, -0.05) is 26.2 Å². The smallest absolute Gasteiger partial charge is 0.246 e. The van der Waals surface area contributed by atoms with Gasteiger partial charge in [0, 0.05) is 24.8 Å². The minimum atomic E-state index is -3.67. The molecule has 0 saturated carbocycles. The second-order valence-corrected chi connectivity index (χ2v) is 10.1. The van der Waals surface area contributed by atoms with E-state index in [1.54, 1.807) is 12.1 Å². The fourth-order valence-corrected chi connectivity index (χ4v) is 5.37. The molecule has 30 heavy (non-hydrogen) atoms. The summed E-state index contributed by atoms with van der Waals surface area (Å²) in [5, 5.41) is 2.87. The lowest BCUT2D eigenvalue weighted by molar-refractivity contribution is -0.117. The van der Waals surface area contributed by atoms with Gasteiger partial charge in [0.05, 0.1) is 13.7 Å². The fraction of sp³-hybridized carbons (Fsp3) is 0.682. The molecular formula is C22H37N3O4S. The minimum Gasteiger partial charge on any atom is -0.495 e. The molecule has 1 amide bonds. The summed E-state index contributed by atoms with van der Waals surface area (Å²) >= 11 is 0. The zero-order valence-corrected chi connectivity index (χ0v) is 19.6. The molecule has 0 aliphatic carbocycles. The number of carbonyl (C=O) groups excluding carboxylic acids is 1. The van der Waals surface area contributed by atoms with Gasteiger partial charge in [-0.2, -0.15) is 4.31 Å². The van der Waals surface area contributed by atoms with E-state index in [0.29, 0.717) is 24.5 Å². The fourth-order valence-electron chi connectivity index (χ4n) is 3.67. The normalized spacial score (nSPS) is 15.5. The van der Waals surface area contributed by atoms with E-state index in [1.807, 2.05) is 0 Å². The quantitative estimate of drug-likeness (QED) is 0.532. The van der Waals surface area contributed by atoms with Crippen LogP contribution in [0.5, 0.6) is 5.75 Å². The Labute approximate surface area is 181 Å². The number of amides is 1. The molecule has 1 fully saturated rings. The van der Waals surface area contributed by atoms with E-state index >= 15 is 0 Å². The number of ether oxygens (including phenoxy) is 1. The lowest BCUT2D eigenvalue weighted by atomic mass is 10.2. The van der Waals surface area contributed by atoms with E-state index in [0.717, 1.165) is 45.1 Å². The number of sulfonamides is 1. The Balaban J connectivity index is 2.14. The first-order valence-electron chi connectivity index (χ1n) is 11.0. The molecule has 0 atom stereocenters. The maximum atomic E-state index is 13.1. The largest absolute Gasteiger partial charge is 0.495 e. The van der Waals surface area contributed by atoms with Crippen LogP contribution in [0.15, 0.2) is 23.1 Å². The number of hydrogen-bond donors (Lipinski definition) is 1. The number of methoxy groups -OCH3 is 1. The predicted octanol–water partition coefficient (Wildman–Crippen LogP) is 3.71. The lowest BCUT2D eigenvalue weighted by Gasteiger charge is -2.27. The van der Waals surface area contributed by atoms with Crippen molar-refractivity contribution in [2.45, 2.75) is 70.2 Å². The van der Waals surface area contributed by atoms with Crippen LogP contribution in [0.2, 0.25) is 0 Å². The Morgan fingerprint density at radius 3 is 2.50 bits per heavy atom. The van der Waals surface area contributed by atoms with Gasteiger partial charge in [0.1, 0.15) is 10.6 Å². The molecule has 0 aromatic heterocycles. The van der Waals surface area contributed by atoms with E-state index in [1.165, 1.54) is 17.5 Å². The highest BCUT2D eigenvalue weighted by Crippen LogP contribution is 2.31. The summed E-state index contributed by atoms with van der Waals surface area (Å²) < 4.78 is 33.1. The third kappa shape index (κ3) is 6.68. The molecule has 1 aromatic carbocycles. The molecule has 2 rings (SSSR count). The standard InChI is InChI=1S/C22H37N3O4S/c1-5-6-8-13-24(18(2)3)17-22(26)23-19-11-12-20(29-4)21(16-19)30(27,28)25-14-9-7-10-15-25/h11-12,16,18H,5-10,13-15,17H2,1-4H3,(H,23,26). The molecule has 1 N–H and O–H groups in total. The average Bonchev–Trinajstić information content (AvgIpc) is 2.73. The van der Waals surface area contributed by atoms with Crippen molar-refractivity contribution in [2.75, 3.05) is 38.6 Å². The van der Waals surface area contributed by atoms with Crippen LogP contribution in [0.3, 0.4) is 0 Å². The second kappa shape index (κ2) is 11.7. The van der Waals surface area contributed by atoms with Crippen molar-refractivity contribution in [3.05, 3.63) is 18.2 Å². The molecule has 0 bridgehead atoms. The van der Waals surface area contributed by atoms with Crippen molar-refractivity contribution < 1.29 is 17.9 Å². The second-order valence-electron chi connectivity index (χ2n) is 8.15. The van der Waals surface area contributed by atoms with E-state index in [9.17, 15) is 13.2 Å². The van der Waals surface area contributed by atoms with Gasteiger partial charge in [-0.25, -0.2) is 8.42 Å². The minimum absolute atomic E-state index is 0.105. The van der Waals surface area contributed by atoms with Crippen LogP contribution in [-0.2, 0) is 14.8 Å². The summed E-state index contributed by atoms with van der Waals surface area (Å²) in [6.45, 7) is 8.50. The molecule has 0 spiro atoms. The summed E-state index contributed by atoms with van der Waals surface area (Å²) in [5.41, 5.74) is 0.466. The van der Waals surface area contributed by atoms with Gasteiger partial charge >= 0.3 is 0 Å². The van der Waals surface area contributed by atoms with Crippen molar-refractivity contribution in [3.8, 4) is 5.75 Å². The van der Waals surface area contributed by atoms with Gasteiger partial charge in [-0.15, -0.1) is 0 Å². The number of carbonyl (C=O) groups is 1. The van der Waals surface area contributed by atoms with Gasteiger partial charge < -0.3 is 10.1 Å². The maximum absolute atomic E-state index is 13.1. The molecule has 8 heteroatoms. The van der Waals surface area contributed by atoms with E-state index < -0.39 is 10.0 Å². The number of benzene rings is 1. The summed E-state index contributed by atoms with van der Waals surface area (Å²) in [5.74, 6) is 0.147. The van der Waals surface area contributed by atoms with Crippen molar-refractivity contribution in [1.29, 1.82) is 0 Å². The number of nitrogens with one attached hydrogen (secondary N) is 1. The van der Waals surface area contributed by atoms with Crippen LogP contribution >= 0.6 is 0 Å². The van der Waals surface area contributed by atoms with Crippen molar-refractivity contribution in [1.82, 2.24) is 9.21 Å². The number of anilines is 1. The SMILES string of the molecule is CCCCCN(CC(=O)Nc1ccc(OC)c(S(=O)(=O)N2CCCCC2)c1)C(C)C. The molecule has 1 aromatic rings. The molecule has 1 aliphatic heterocycles. The zero-order chi connectivity index (χ0) is 22.1. The van der Waals surface area contributed by atoms with Gasteiger partial charge in [0.15, 0.2) is 0 Å². The number of hydrogen-bond acceptors (Lipinski definition) is 5. The number of unbranched alkanes of at least 4 members (excludes halogenated alkanes) is 2. The van der Waals surface area contributed by atoms with Crippen LogP contribution < -0.4 is 10.1 Å². The molecule has 1 heterocycles. The first kappa shape index (κ1) is 24.6. The summed E-state index contributed by atoms with van der Waals surface area (Å²) in [4.78, 5) is 14.9. The Morgan fingerprint density at radius 2 is 1.90 bits per heavy atom. The predicted molar refractivity (Wildman–Crippen MR) is 120 cm³/mol. The number of rotatable bonds is 11. The highest BCUT2D eigenvalue weighted by atomic mass is 32.2. The van der Waals surface area contributed by atoms with Crippen LogP contribution in [-0.4, -0.2) is 62.9 Å². The first-order chi connectivity index (χ1) is 14.3. The molecule has 0 radical (unpaired) electrons. The van der Waals surface area contributed by atoms with Gasteiger partial charge in [0.2, 0.25) is 15.9 Å². The molecule has 1 aliphatic rings. The van der Waals surface area contributed by atoms with Crippen LogP contribution in [0.4, 0.5) is 5.69 Å². The molecule has 1 saturated heterocycles. The lowest BCUT2D eigenvalue weighted by Crippen LogP contribution is -2.38. The number of piperidine rings is 1. The van der Waals surface area contributed by atoms with Crippen molar-refractivity contribution >= 4 is 21.6 Å². The van der Waals surface area contributed by atoms with Crippen LogP contribution in [0.1, 0.15) is 59.3 Å². The van der Waals surface area contributed by atoms with E-state index in [-0.39, 0.29) is 23.4 Å². The van der Waals surface area contributed by atoms with Crippen molar-refractivity contribution in [2.24, 2.45) is 0 Å². The van der Waals surface area contributed by atoms with Gasteiger partial charge in [0.25, 0.3) is 0 Å². The molecule has 0 unspecified atom stereocenters. The van der Waals surface area contributed by atoms with E-state index in [4.69, 9.17) is 4.74 Å². The molecular weight excluding hydrogens is 402 g/mol. The monoisotopic (exact) mass is 439 g/mol. The summed E-state index contributed by atoms with van der Waals surface area (Å²) in [6.07, 6.45) is 6.11. The van der Waals surface area contributed by atoms with Crippen molar-refractivity contribution in [3.63, 3.8) is 0 Å². The van der Waals surface area contributed by atoms with Crippen LogP contribution in [0.25, 0.3) is 0 Å². The first-order valence-corrected chi connectivity index (χ1v) is 12.5. The number of nitrogens with zero attached hydrogens (tertiary/aromatic N) is 2. The zero-order valence-electron chi connectivity index (χ0n) is 18.8.